The summed E-state index contributed by atoms with van der Waals surface area (Å²) < 4.78 is 0. The number of benzene rings is 1. The third-order valence-corrected chi connectivity index (χ3v) is 6.37. The average Bonchev–Trinajstić information content (AvgIpc) is 3.35. The van der Waals surface area contributed by atoms with Gasteiger partial charge in [-0.1, -0.05) is 26.7 Å². The summed E-state index contributed by atoms with van der Waals surface area (Å²) >= 11 is 0. The van der Waals surface area contributed by atoms with Crippen molar-refractivity contribution in [3.8, 4) is 0 Å². The van der Waals surface area contributed by atoms with E-state index in [4.69, 9.17) is 10.4 Å². The molecule has 0 aliphatic carbocycles. The van der Waals surface area contributed by atoms with E-state index in [2.05, 4.69) is 79.4 Å². The van der Waals surface area contributed by atoms with Gasteiger partial charge in [0.05, 0.1) is 12.1 Å². The molecule has 2 aliphatic heterocycles. The van der Waals surface area contributed by atoms with Gasteiger partial charge in [0, 0.05) is 41.3 Å². The van der Waals surface area contributed by atoms with Crippen LogP contribution in [0.15, 0.2) is 50.4 Å². The van der Waals surface area contributed by atoms with Crippen LogP contribution in [-0.4, -0.2) is 43.6 Å². The van der Waals surface area contributed by atoms with Crippen molar-refractivity contribution in [3.63, 3.8) is 0 Å². The standard InChI is InChI=1S/C29H41N7/c1-8-11-13-33-29-27(28(31-7)36-25(32-10-3)15-21(30)12-9-2)23-14-18(4)22(16-24(23)35-29)26-19(5)17-34-20(26)6/h14-16,30,32,36H,7-13,17H2,1-6H3,(H,33,35)/b25-15+,28-27+,30-21?. The van der Waals surface area contributed by atoms with E-state index in [1.165, 1.54) is 22.3 Å². The van der Waals surface area contributed by atoms with E-state index in [9.17, 15) is 0 Å². The summed E-state index contributed by atoms with van der Waals surface area (Å²) in [6.45, 7) is 18.8. The summed E-state index contributed by atoms with van der Waals surface area (Å²) in [6.07, 6.45) is 5.58. The molecule has 0 spiro atoms. The fourth-order valence-corrected chi connectivity index (χ4v) is 4.59. The summed E-state index contributed by atoms with van der Waals surface area (Å²) in [4.78, 5) is 13.9. The van der Waals surface area contributed by atoms with Gasteiger partial charge in [-0.05, 0) is 82.2 Å². The van der Waals surface area contributed by atoms with E-state index in [0.717, 1.165) is 79.5 Å². The molecule has 2 heterocycles. The molecule has 1 aromatic carbocycles. The minimum Gasteiger partial charge on any atom is -0.372 e. The fraction of sp³-hybridized carbons (Fsp3) is 0.448. The first kappa shape index (κ1) is 27.1. The predicted octanol–water partition coefficient (Wildman–Crippen LogP) is 6.10. The van der Waals surface area contributed by atoms with Crippen molar-refractivity contribution in [3.05, 3.63) is 52.1 Å². The average molecular weight is 488 g/mol. The molecule has 0 fully saturated rings. The quantitative estimate of drug-likeness (QED) is 0.212. The third kappa shape index (κ3) is 6.01. The molecule has 7 nitrogen and oxygen atoms in total. The van der Waals surface area contributed by atoms with Crippen LogP contribution in [0.5, 0.6) is 0 Å². The van der Waals surface area contributed by atoms with Gasteiger partial charge in [-0.3, -0.25) is 9.98 Å². The van der Waals surface area contributed by atoms with Gasteiger partial charge in [0.25, 0.3) is 0 Å². The Hall–Kier alpha value is -3.48. The normalized spacial score (nSPS) is 17.7. The maximum absolute atomic E-state index is 8.27. The molecule has 1 aromatic rings. The first-order valence-corrected chi connectivity index (χ1v) is 13.0. The lowest BCUT2D eigenvalue weighted by atomic mass is 9.92. The molecule has 0 unspecified atom stereocenters. The van der Waals surface area contributed by atoms with Crippen LogP contribution in [0.2, 0.25) is 0 Å². The maximum Gasteiger partial charge on any atom is 0.142 e. The Balaban J connectivity index is 2.13. The lowest BCUT2D eigenvalue weighted by molar-refractivity contribution is 0.763. The largest absolute Gasteiger partial charge is 0.372 e. The molecule has 36 heavy (non-hydrogen) atoms. The lowest BCUT2D eigenvalue weighted by Gasteiger charge is -2.16. The summed E-state index contributed by atoms with van der Waals surface area (Å²) in [6, 6.07) is 4.43. The monoisotopic (exact) mass is 487 g/mol. The molecule has 0 radical (unpaired) electrons. The molecule has 0 aromatic heterocycles. The van der Waals surface area contributed by atoms with Gasteiger partial charge in [-0.2, -0.15) is 0 Å². The SMILES string of the molecule is C=N/C(N/C(=C/C(=N)CCC)NCC)=C1\C(=N/CCCC)Nc2cc(C3=C(C)CN=C3C)c(C)cc21. The van der Waals surface area contributed by atoms with Crippen LogP contribution in [0.3, 0.4) is 0 Å². The van der Waals surface area contributed by atoms with Crippen LogP contribution in [-0.2, 0) is 0 Å². The van der Waals surface area contributed by atoms with Crippen molar-refractivity contribution in [2.75, 3.05) is 25.0 Å². The number of allylic oxidation sites excluding steroid dienone is 2. The Labute approximate surface area is 216 Å². The molecule has 0 atom stereocenters. The van der Waals surface area contributed by atoms with E-state index in [1.54, 1.807) is 0 Å². The fourth-order valence-electron chi connectivity index (χ4n) is 4.59. The number of aryl methyl sites for hydroxylation is 1. The van der Waals surface area contributed by atoms with Crippen LogP contribution < -0.4 is 16.0 Å². The maximum atomic E-state index is 8.27. The second kappa shape index (κ2) is 12.5. The van der Waals surface area contributed by atoms with Crippen LogP contribution in [0, 0.1) is 12.3 Å². The lowest BCUT2D eigenvalue weighted by Crippen LogP contribution is -2.27. The van der Waals surface area contributed by atoms with Gasteiger partial charge in [-0.25, -0.2) is 4.99 Å². The number of fused-ring (bicyclic) bond motifs is 1. The highest BCUT2D eigenvalue weighted by molar-refractivity contribution is 6.35. The van der Waals surface area contributed by atoms with Crippen molar-refractivity contribution in [2.45, 2.75) is 67.2 Å². The Morgan fingerprint density at radius 2 is 1.94 bits per heavy atom. The van der Waals surface area contributed by atoms with Crippen molar-refractivity contribution < 1.29 is 0 Å². The van der Waals surface area contributed by atoms with Crippen molar-refractivity contribution in [2.24, 2.45) is 15.0 Å². The second-order valence-corrected chi connectivity index (χ2v) is 9.35. The van der Waals surface area contributed by atoms with Gasteiger partial charge >= 0.3 is 0 Å². The van der Waals surface area contributed by atoms with Gasteiger partial charge in [0.1, 0.15) is 17.5 Å². The van der Waals surface area contributed by atoms with E-state index < -0.39 is 0 Å². The molecule has 3 rings (SSSR count). The molecule has 2 aliphatic rings. The van der Waals surface area contributed by atoms with E-state index in [-0.39, 0.29) is 0 Å². The first-order chi connectivity index (χ1) is 17.3. The Morgan fingerprint density at radius 1 is 1.17 bits per heavy atom. The highest BCUT2D eigenvalue weighted by Gasteiger charge is 2.29. The molecule has 0 bridgehead atoms. The zero-order valence-electron chi connectivity index (χ0n) is 22.7. The van der Waals surface area contributed by atoms with Crippen LogP contribution in [0.25, 0.3) is 11.1 Å². The number of nitrogens with one attached hydrogen (secondary N) is 4. The molecule has 192 valence electrons. The van der Waals surface area contributed by atoms with Crippen LogP contribution >= 0.6 is 0 Å². The number of hydrogen-bond donors (Lipinski definition) is 4. The number of anilines is 1. The number of amidine groups is 1. The van der Waals surface area contributed by atoms with Crippen LogP contribution in [0.1, 0.15) is 77.0 Å². The van der Waals surface area contributed by atoms with Crippen LogP contribution in [0.4, 0.5) is 5.69 Å². The van der Waals surface area contributed by atoms with Gasteiger partial charge in [0.15, 0.2) is 0 Å². The molecule has 0 amide bonds. The molecule has 4 N–H and O–H groups in total. The summed E-state index contributed by atoms with van der Waals surface area (Å²) in [5, 5.41) is 18.6. The number of nitrogens with zero attached hydrogens (tertiary/aromatic N) is 3. The molecule has 0 saturated heterocycles. The van der Waals surface area contributed by atoms with E-state index in [0.29, 0.717) is 11.5 Å². The number of rotatable bonds is 12. The first-order valence-electron chi connectivity index (χ1n) is 13.0. The highest BCUT2D eigenvalue weighted by Crippen LogP contribution is 2.39. The zero-order chi connectivity index (χ0) is 26.2. The minimum absolute atomic E-state index is 0.564. The summed E-state index contributed by atoms with van der Waals surface area (Å²) in [7, 11) is 0. The predicted molar refractivity (Wildman–Crippen MR) is 157 cm³/mol. The van der Waals surface area contributed by atoms with E-state index in [1.807, 2.05) is 13.0 Å². The number of aliphatic imine (C=N–C) groups is 3. The van der Waals surface area contributed by atoms with Gasteiger partial charge in [0.2, 0.25) is 0 Å². The van der Waals surface area contributed by atoms with Crippen molar-refractivity contribution in [1.82, 2.24) is 10.6 Å². The Bertz CT molecular complexity index is 1180. The number of unbranched alkanes of at least 4 members (excludes halogenated alkanes) is 1. The smallest absolute Gasteiger partial charge is 0.142 e. The molecule has 0 saturated carbocycles. The molecule has 7 heteroatoms. The van der Waals surface area contributed by atoms with Gasteiger partial charge < -0.3 is 21.4 Å². The highest BCUT2D eigenvalue weighted by atomic mass is 15.2. The topological polar surface area (TPSA) is 97.0 Å². The van der Waals surface area contributed by atoms with Crippen molar-refractivity contribution >= 4 is 40.8 Å². The summed E-state index contributed by atoms with van der Waals surface area (Å²) in [5.74, 6) is 2.15. The Kier molecular flexibility index (Phi) is 9.39. The van der Waals surface area contributed by atoms with Gasteiger partial charge in [-0.15, -0.1) is 0 Å². The zero-order valence-corrected chi connectivity index (χ0v) is 22.7. The Morgan fingerprint density at radius 3 is 2.56 bits per heavy atom. The van der Waals surface area contributed by atoms with E-state index >= 15 is 0 Å². The number of hydrogen-bond acceptors (Lipinski definition) is 6. The summed E-state index contributed by atoms with van der Waals surface area (Å²) in [5.41, 5.74) is 9.54. The second-order valence-electron chi connectivity index (χ2n) is 9.35. The molecular formula is C29H41N7. The minimum atomic E-state index is 0.564. The van der Waals surface area contributed by atoms with Crippen molar-refractivity contribution in [1.29, 1.82) is 5.41 Å². The third-order valence-electron chi connectivity index (χ3n) is 6.37. The molecular weight excluding hydrogens is 446 g/mol.